The number of rotatable bonds is 5. The van der Waals surface area contributed by atoms with Crippen molar-refractivity contribution >= 4 is 38.7 Å². The van der Waals surface area contributed by atoms with Crippen LogP contribution in [0.4, 0.5) is 11.8 Å². The van der Waals surface area contributed by atoms with Gasteiger partial charge in [-0.2, -0.15) is 4.98 Å². The highest BCUT2D eigenvalue weighted by Crippen LogP contribution is 2.38. The number of nitrogens with one attached hydrogen (secondary N) is 2. The van der Waals surface area contributed by atoms with Gasteiger partial charge < -0.3 is 15.0 Å². The van der Waals surface area contributed by atoms with Crippen LogP contribution in [-0.4, -0.2) is 69.6 Å². The number of carbonyl (C=O) groups is 1. The predicted molar refractivity (Wildman–Crippen MR) is 127 cm³/mol. The third-order valence-corrected chi connectivity index (χ3v) is 7.54. The summed E-state index contributed by atoms with van der Waals surface area (Å²) < 4.78 is 30.9. The lowest BCUT2D eigenvalue weighted by Gasteiger charge is -2.38. The first-order valence-corrected chi connectivity index (χ1v) is 13.0. The van der Waals surface area contributed by atoms with Crippen LogP contribution in [0, 0.1) is 0 Å². The summed E-state index contributed by atoms with van der Waals surface area (Å²) >= 11 is 0. The van der Waals surface area contributed by atoms with Crippen LogP contribution >= 0.6 is 0 Å². The molecule has 0 spiro atoms. The van der Waals surface area contributed by atoms with Crippen molar-refractivity contribution in [2.24, 2.45) is 0 Å². The first-order valence-electron chi connectivity index (χ1n) is 11.1. The molecular formula is C22H27N7O4S. The number of hydrogen-bond donors (Lipinski definition) is 2. The number of hydrogen-bond acceptors (Lipinski definition) is 8. The number of aromatic amines is 1. The summed E-state index contributed by atoms with van der Waals surface area (Å²) in [5.74, 6) is 0.997. The lowest BCUT2D eigenvalue weighted by molar-refractivity contribution is -0.133. The third-order valence-electron chi connectivity index (χ3n) is 6.24. The van der Waals surface area contributed by atoms with Gasteiger partial charge in [-0.05, 0) is 44.4 Å². The van der Waals surface area contributed by atoms with Gasteiger partial charge in [0.2, 0.25) is 16.0 Å². The molecular weight excluding hydrogens is 458 g/mol. The molecule has 0 aromatic carbocycles. The number of sulfonamides is 1. The topological polar surface area (TPSA) is 133 Å². The lowest BCUT2D eigenvalue weighted by atomic mass is 10.0. The summed E-state index contributed by atoms with van der Waals surface area (Å²) in [5.41, 5.74) is 0.609. The van der Waals surface area contributed by atoms with E-state index in [1.54, 1.807) is 31.1 Å². The van der Waals surface area contributed by atoms with Crippen LogP contribution < -0.4 is 15.0 Å². The Hall–Kier alpha value is -3.25. The summed E-state index contributed by atoms with van der Waals surface area (Å²) in [7, 11) is -3.19. The number of piperidine rings is 1. The molecule has 0 atom stereocenters. The minimum Gasteiger partial charge on any atom is -0.472 e. The average Bonchev–Trinajstić information content (AvgIpc) is 3.20. The molecule has 180 valence electrons. The lowest BCUT2D eigenvalue weighted by Crippen LogP contribution is -2.52. The summed E-state index contributed by atoms with van der Waals surface area (Å²) in [5, 5.41) is 4.23. The van der Waals surface area contributed by atoms with Gasteiger partial charge in [-0.15, -0.1) is 0 Å². The average molecular weight is 486 g/mol. The van der Waals surface area contributed by atoms with E-state index in [4.69, 9.17) is 4.74 Å². The molecule has 1 amide bonds. The van der Waals surface area contributed by atoms with E-state index in [-0.39, 0.29) is 11.9 Å². The predicted octanol–water partition coefficient (Wildman–Crippen LogP) is 1.89. The summed E-state index contributed by atoms with van der Waals surface area (Å²) in [6.45, 7) is 4.64. The number of ether oxygens (including phenoxy) is 1. The molecule has 3 aromatic heterocycles. The Kier molecular flexibility index (Phi) is 5.44. The standard InChI is InChI=1S/C22H27N7O4S/c1-22(2)20(30)29(13-14-11-24-18-16(14)5-4-8-23-18)19-17(33-22)12-25-21(27-19)26-15-6-9-28(10-7-15)34(3,31)32/h4-5,8,11-12,15H,6-7,9-10,13H2,1-3H3,(H,23,24)(H,25,26,27). The van der Waals surface area contributed by atoms with Gasteiger partial charge in [0.1, 0.15) is 5.65 Å². The Balaban J connectivity index is 1.41. The van der Waals surface area contributed by atoms with Crippen molar-refractivity contribution in [3.63, 3.8) is 0 Å². The molecule has 5 rings (SSSR count). The molecule has 2 aliphatic heterocycles. The Morgan fingerprint density at radius 1 is 1.26 bits per heavy atom. The van der Waals surface area contributed by atoms with Gasteiger partial charge in [-0.3, -0.25) is 9.69 Å². The minimum absolute atomic E-state index is 0.0286. The van der Waals surface area contributed by atoms with E-state index < -0.39 is 15.6 Å². The maximum Gasteiger partial charge on any atom is 0.272 e. The minimum atomic E-state index is -3.19. The van der Waals surface area contributed by atoms with E-state index in [9.17, 15) is 13.2 Å². The van der Waals surface area contributed by atoms with Crippen molar-refractivity contribution < 1.29 is 17.9 Å². The Bertz CT molecular complexity index is 1350. The maximum atomic E-state index is 13.3. The van der Waals surface area contributed by atoms with E-state index in [1.165, 1.54) is 10.6 Å². The van der Waals surface area contributed by atoms with E-state index >= 15 is 0 Å². The van der Waals surface area contributed by atoms with Gasteiger partial charge in [0, 0.05) is 36.9 Å². The zero-order valence-electron chi connectivity index (χ0n) is 19.3. The zero-order chi connectivity index (χ0) is 24.1. The van der Waals surface area contributed by atoms with Crippen molar-refractivity contribution in [3.05, 3.63) is 36.3 Å². The van der Waals surface area contributed by atoms with E-state index in [0.717, 1.165) is 16.6 Å². The number of aromatic nitrogens is 4. The van der Waals surface area contributed by atoms with E-state index in [1.807, 2.05) is 18.3 Å². The second-order valence-corrected chi connectivity index (χ2v) is 11.2. The van der Waals surface area contributed by atoms with Gasteiger partial charge >= 0.3 is 0 Å². The molecule has 5 heterocycles. The van der Waals surface area contributed by atoms with Crippen molar-refractivity contribution in [2.45, 2.75) is 44.9 Å². The number of fused-ring (bicyclic) bond motifs is 2. The molecule has 0 aliphatic carbocycles. The van der Waals surface area contributed by atoms with Crippen LogP contribution in [0.2, 0.25) is 0 Å². The molecule has 2 N–H and O–H groups in total. The fourth-order valence-corrected chi connectivity index (χ4v) is 5.29. The Morgan fingerprint density at radius 3 is 2.76 bits per heavy atom. The molecule has 2 aliphatic rings. The molecule has 1 fully saturated rings. The van der Waals surface area contributed by atoms with Crippen LogP contribution in [-0.2, 0) is 21.4 Å². The first kappa shape index (κ1) is 22.5. The van der Waals surface area contributed by atoms with Crippen LogP contribution in [0.15, 0.2) is 30.7 Å². The van der Waals surface area contributed by atoms with Gasteiger partial charge in [-0.25, -0.2) is 22.7 Å². The van der Waals surface area contributed by atoms with E-state index in [0.29, 0.717) is 50.0 Å². The smallest absolute Gasteiger partial charge is 0.272 e. The fraction of sp³-hybridized carbons (Fsp3) is 0.455. The second-order valence-electron chi connectivity index (χ2n) is 9.18. The second kappa shape index (κ2) is 8.20. The van der Waals surface area contributed by atoms with Crippen molar-refractivity contribution in [2.75, 3.05) is 29.6 Å². The highest BCUT2D eigenvalue weighted by molar-refractivity contribution is 7.88. The fourth-order valence-electron chi connectivity index (χ4n) is 4.41. The number of nitrogens with zero attached hydrogens (tertiary/aromatic N) is 5. The highest BCUT2D eigenvalue weighted by Gasteiger charge is 2.42. The molecule has 11 nitrogen and oxygen atoms in total. The SMILES string of the molecule is CC1(C)Oc2cnc(NC3CCN(S(C)(=O)=O)CC3)nc2N(Cc2c[nH]c3ncccc23)C1=O. The number of anilines is 2. The van der Waals surface area contributed by atoms with Crippen LogP contribution in [0.3, 0.4) is 0 Å². The van der Waals surface area contributed by atoms with E-state index in [2.05, 4.69) is 25.3 Å². The largest absolute Gasteiger partial charge is 0.472 e. The molecule has 0 saturated carbocycles. The molecule has 0 unspecified atom stereocenters. The molecule has 3 aromatic rings. The summed E-state index contributed by atoms with van der Waals surface area (Å²) in [6.07, 6.45) is 7.65. The van der Waals surface area contributed by atoms with Crippen molar-refractivity contribution in [1.82, 2.24) is 24.2 Å². The van der Waals surface area contributed by atoms with Crippen molar-refractivity contribution in [3.8, 4) is 5.75 Å². The third kappa shape index (κ3) is 4.18. The molecule has 1 saturated heterocycles. The van der Waals surface area contributed by atoms with Gasteiger partial charge in [-0.1, -0.05) is 0 Å². The monoisotopic (exact) mass is 485 g/mol. The van der Waals surface area contributed by atoms with Gasteiger partial charge in [0.05, 0.1) is 19.0 Å². The number of amides is 1. The summed E-state index contributed by atoms with van der Waals surface area (Å²) in [4.78, 5) is 31.5. The molecule has 12 heteroatoms. The highest BCUT2D eigenvalue weighted by atomic mass is 32.2. The van der Waals surface area contributed by atoms with Crippen LogP contribution in [0.25, 0.3) is 11.0 Å². The summed E-state index contributed by atoms with van der Waals surface area (Å²) in [6, 6.07) is 3.85. The maximum absolute atomic E-state index is 13.3. The quantitative estimate of drug-likeness (QED) is 0.560. The number of carbonyl (C=O) groups excluding carboxylic acids is 1. The van der Waals surface area contributed by atoms with Gasteiger partial charge in [0.15, 0.2) is 17.2 Å². The zero-order valence-corrected chi connectivity index (χ0v) is 20.1. The van der Waals surface area contributed by atoms with Crippen LogP contribution in [0.5, 0.6) is 5.75 Å². The normalized spacial score (nSPS) is 19.1. The Morgan fingerprint density at radius 2 is 2.03 bits per heavy atom. The van der Waals surface area contributed by atoms with Crippen LogP contribution in [0.1, 0.15) is 32.3 Å². The van der Waals surface area contributed by atoms with Gasteiger partial charge in [0.25, 0.3) is 5.91 Å². The molecule has 0 radical (unpaired) electrons. The Labute approximate surface area is 197 Å². The molecule has 0 bridgehead atoms. The first-order chi connectivity index (χ1) is 16.1. The molecule has 34 heavy (non-hydrogen) atoms. The number of H-pyrrole nitrogens is 1. The number of pyridine rings is 1. The van der Waals surface area contributed by atoms with Crippen molar-refractivity contribution in [1.29, 1.82) is 0 Å².